The monoisotopic (exact) mass is 363 g/mol. The highest BCUT2D eigenvalue weighted by Crippen LogP contribution is 2.20. The maximum absolute atomic E-state index is 12.4. The summed E-state index contributed by atoms with van der Waals surface area (Å²) < 4.78 is 10.3. The Morgan fingerprint density at radius 1 is 0.889 bits per heavy atom. The highest BCUT2D eigenvalue weighted by atomic mass is 16.5. The van der Waals surface area contributed by atoms with E-state index in [-0.39, 0.29) is 5.91 Å². The molecule has 6 heteroatoms. The minimum Gasteiger partial charge on any atom is -0.497 e. The van der Waals surface area contributed by atoms with Crippen molar-refractivity contribution in [2.45, 2.75) is 6.54 Å². The largest absolute Gasteiger partial charge is 0.497 e. The number of amides is 1. The number of rotatable bonds is 7. The normalized spacial score (nSPS) is 10.1. The van der Waals surface area contributed by atoms with Crippen LogP contribution < -0.4 is 20.1 Å². The number of ether oxygens (including phenoxy) is 2. The van der Waals surface area contributed by atoms with E-state index in [1.165, 1.54) is 0 Å². The van der Waals surface area contributed by atoms with Crippen molar-refractivity contribution in [3.05, 3.63) is 78.1 Å². The molecule has 0 bridgehead atoms. The Balaban J connectivity index is 1.62. The Morgan fingerprint density at radius 2 is 1.52 bits per heavy atom. The molecule has 2 aromatic carbocycles. The first-order valence-corrected chi connectivity index (χ1v) is 8.46. The lowest BCUT2D eigenvalue weighted by Gasteiger charge is -2.09. The highest BCUT2D eigenvalue weighted by Gasteiger charge is 2.08. The minimum atomic E-state index is -0.232. The zero-order valence-electron chi connectivity index (χ0n) is 15.2. The van der Waals surface area contributed by atoms with E-state index in [0.29, 0.717) is 12.2 Å². The molecule has 0 saturated carbocycles. The summed E-state index contributed by atoms with van der Waals surface area (Å²) in [5.74, 6) is 1.34. The summed E-state index contributed by atoms with van der Waals surface area (Å²) in [5, 5.41) is 6.12. The molecule has 6 nitrogen and oxygen atoms in total. The number of pyridine rings is 1. The SMILES string of the molecule is COc1ccc(CNC(=O)c2cc(Nc3ccc(OC)cc3)ccn2)cc1. The number of carbonyl (C=O) groups excluding carboxylic acids is 1. The van der Waals surface area contributed by atoms with Gasteiger partial charge in [0.05, 0.1) is 14.2 Å². The molecular formula is C21H21N3O3. The third kappa shape index (κ3) is 4.98. The fourth-order valence-corrected chi connectivity index (χ4v) is 2.49. The molecule has 0 saturated heterocycles. The number of aromatic nitrogens is 1. The lowest BCUT2D eigenvalue weighted by molar-refractivity contribution is 0.0946. The van der Waals surface area contributed by atoms with Crippen molar-refractivity contribution in [2.24, 2.45) is 0 Å². The molecule has 0 atom stereocenters. The van der Waals surface area contributed by atoms with Crippen LogP contribution in [0.15, 0.2) is 66.9 Å². The van der Waals surface area contributed by atoms with E-state index in [0.717, 1.165) is 28.4 Å². The molecule has 27 heavy (non-hydrogen) atoms. The van der Waals surface area contributed by atoms with E-state index in [4.69, 9.17) is 9.47 Å². The summed E-state index contributed by atoms with van der Waals surface area (Å²) in [6, 6.07) is 18.6. The van der Waals surface area contributed by atoms with Gasteiger partial charge in [-0.05, 0) is 54.1 Å². The molecule has 0 aliphatic carbocycles. The van der Waals surface area contributed by atoms with Gasteiger partial charge in [-0.3, -0.25) is 9.78 Å². The van der Waals surface area contributed by atoms with Gasteiger partial charge in [-0.2, -0.15) is 0 Å². The minimum absolute atomic E-state index is 0.232. The summed E-state index contributed by atoms with van der Waals surface area (Å²) in [6.07, 6.45) is 1.61. The molecule has 0 fully saturated rings. The average Bonchev–Trinajstić information content (AvgIpc) is 2.73. The second kappa shape index (κ2) is 8.71. The van der Waals surface area contributed by atoms with Crippen molar-refractivity contribution >= 4 is 17.3 Å². The lowest BCUT2D eigenvalue weighted by Crippen LogP contribution is -2.23. The number of anilines is 2. The maximum Gasteiger partial charge on any atom is 0.270 e. The number of hydrogen-bond donors (Lipinski definition) is 2. The zero-order valence-corrected chi connectivity index (χ0v) is 15.2. The van der Waals surface area contributed by atoms with Crippen LogP contribution in [0.4, 0.5) is 11.4 Å². The van der Waals surface area contributed by atoms with Gasteiger partial charge in [0.2, 0.25) is 0 Å². The van der Waals surface area contributed by atoms with Crippen LogP contribution in [0.2, 0.25) is 0 Å². The number of nitrogens with one attached hydrogen (secondary N) is 2. The fraction of sp³-hybridized carbons (Fsp3) is 0.143. The van der Waals surface area contributed by atoms with Crippen LogP contribution in [0.5, 0.6) is 11.5 Å². The van der Waals surface area contributed by atoms with E-state index in [2.05, 4.69) is 15.6 Å². The van der Waals surface area contributed by atoms with Gasteiger partial charge in [0.15, 0.2) is 0 Å². The molecule has 1 heterocycles. The first kappa shape index (κ1) is 18.3. The van der Waals surface area contributed by atoms with Crippen LogP contribution in [0, 0.1) is 0 Å². The van der Waals surface area contributed by atoms with E-state index >= 15 is 0 Å². The van der Waals surface area contributed by atoms with Crippen LogP contribution in [-0.4, -0.2) is 25.1 Å². The van der Waals surface area contributed by atoms with Crippen molar-refractivity contribution in [1.29, 1.82) is 0 Å². The fourth-order valence-electron chi connectivity index (χ4n) is 2.49. The summed E-state index contributed by atoms with van der Waals surface area (Å²) in [4.78, 5) is 16.5. The van der Waals surface area contributed by atoms with Gasteiger partial charge in [-0.25, -0.2) is 0 Å². The first-order valence-electron chi connectivity index (χ1n) is 8.46. The molecule has 0 aliphatic rings. The summed E-state index contributed by atoms with van der Waals surface area (Å²) in [5.41, 5.74) is 3.01. The number of methoxy groups -OCH3 is 2. The average molecular weight is 363 g/mol. The molecule has 0 spiro atoms. The third-order valence-corrected chi connectivity index (χ3v) is 3.98. The van der Waals surface area contributed by atoms with Gasteiger partial charge in [0.1, 0.15) is 17.2 Å². The molecule has 1 amide bonds. The number of hydrogen-bond acceptors (Lipinski definition) is 5. The van der Waals surface area contributed by atoms with E-state index in [9.17, 15) is 4.79 Å². The number of carbonyl (C=O) groups is 1. The number of nitrogens with zero attached hydrogens (tertiary/aromatic N) is 1. The molecule has 0 radical (unpaired) electrons. The Bertz CT molecular complexity index is 893. The second-order valence-corrected chi connectivity index (χ2v) is 5.81. The van der Waals surface area contributed by atoms with E-state index in [1.807, 2.05) is 54.6 Å². The standard InChI is InChI=1S/C21H21N3O3/c1-26-18-7-3-15(4-8-18)14-23-21(25)20-13-17(11-12-22-20)24-16-5-9-19(27-2)10-6-16/h3-13H,14H2,1-2H3,(H,22,24)(H,23,25). The van der Waals surface area contributed by atoms with E-state index < -0.39 is 0 Å². The molecule has 138 valence electrons. The lowest BCUT2D eigenvalue weighted by atomic mass is 10.2. The summed E-state index contributed by atoms with van der Waals surface area (Å²) >= 11 is 0. The van der Waals surface area contributed by atoms with Crippen LogP contribution >= 0.6 is 0 Å². The predicted octanol–water partition coefficient (Wildman–Crippen LogP) is 3.77. The predicted molar refractivity (Wildman–Crippen MR) is 105 cm³/mol. The zero-order chi connectivity index (χ0) is 19.1. The smallest absolute Gasteiger partial charge is 0.270 e. The molecule has 1 aromatic heterocycles. The van der Waals surface area contributed by atoms with Gasteiger partial charge in [-0.1, -0.05) is 12.1 Å². The first-order chi connectivity index (χ1) is 13.2. The third-order valence-electron chi connectivity index (χ3n) is 3.98. The Labute approximate surface area is 158 Å². The maximum atomic E-state index is 12.4. The summed E-state index contributed by atoms with van der Waals surface area (Å²) in [6.45, 7) is 0.417. The van der Waals surface area contributed by atoms with Gasteiger partial charge >= 0.3 is 0 Å². The van der Waals surface area contributed by atoms with Gasteiger partial charge in [-0.15, -0.1) is 0 Å². The van der Waals surface area contributed by atoms with Crippen LogP contribution in [-0.2, 0) is 6.54 Å². The second-order valence-electron chi connectivity index (χ2n) is 5.81. The topological polar surface area (TPSA) is 72.5 Å². The molecule has 0 aliphatic heterocycles. The highest BCUT2D eigenvalue weighted by molar-refractivity contribution is 5.93. The van der Waals surface area contributed by atoms with Gasteiger partial charge in [0, 0.05) is 24.1 Å². The van der Waals surface area contributed by atoms with Crippen molar-refractivity contribution in [1.82, 2.24) is 10.3 Å². The van der Waals surface area contributed by atoms with Crippen molar-refractivity contribution in [3.8, 4) is 11.5 Å². The molecule has 3 aromatic rings. The quantitative estimate of drug-likeness (QED) is 0.668. The van der Waals surface area contributed by atoms with Crippen LogP contribution in [0.1, 0.15) is 16.1 Å². The molecule has 3 rings (SSSR count). The Morgan fingerprint density at radius 3 is 2.15 bits per heavy atom. The molecule has 2 N–H and O–H groups in total. The number of benzene rings is 2. The summed E-state index contributed by atoms with van der Waals surface area (Å²) in [7, 11) is 3.25. The van der Waals surface area contributed by atoms with Crippen molar-refractivity contribution in [3.63, 3.8) is 0 Å². The van der Waals surface area contributed by atoms with Gasteiger partial charge < -0.3 is 20.1 Å². The van der Waals surface area contributed by atoms with Crippen molar-refractivity contribution in [2.75, 3.05) is 19.5 Å². The van der Waals surface area contributed by atoms with Crippen LogP contribution in [0.3, 0.4) is 0 Å². The Hall–Kier alpha value is -3.54. The van der Waals surface area contributed by atoms with Gasteiger partial charge in [0.25, 0.3) is 5.91 Å². The molecular weight excluding hydrogens is 342 g/mol. The van der Waals surface area contributed by atoms with Crippen molar-refractivity contribution < 1.29 is 14.3 Å². The van der Waals surface area contributed by atoms with E-state index in [1.54, 1.807) is 26.5 Å². The molecule has 0 unspecified atom stereocenters. The van der Waals surface area contributed by atoms with Crippen LogP contribution in [0.25, 0.3) is 0 Å². The Kier molecular flexibility index (Phi) is 5.89.